The standard InChI is InChI=1S/C9H6F2N4OS/c10-5-3-1-2-4(6(5)11)7(16)13-9-15-14-8(12)17-9/h1-3H,(H2,12,14)(H,13,15,16). The second-order valence-corrected chi connectivity index (χ2v) is 4.01. The van der Waals surface area contributed by atoms with Gasteiger partial charge in [-0.2, -0.15) is 0 Å². The van der Waals surface area contributed by atoms with E-state index in [2.05, 4.69) is 15.5 Å². The normalized spacial score (nSPS) is 10.2. The maximum atomic E-state index is 13.3. The molecule has 1 heterocycles. The number of carbonyl (C=O) groups is 1. The molecular weight excluding hydrogens is 250 g/mol. The number of hydrogen-bond donors (Lipinski definition) is 2. The van der Waals surface area contributed by atoms with Crippen molar-refractivity contribution >= 4 is 27.5 Å². The molecule has 0 aliphatic rings. The van der Waals surface area contributed by atoms with E-state index < -0.39 is 23.1 Å². The van der Waals surface area contributed by atoms with E-state index in [0.717, 1.165) is 23.5 Å². The van der Waals surface area contributed by atoms with Crippen molar-refractivity contribution in [2.75, 3.05) is 11.1 Å². The highest BCUT2D eigenvalue weighted by Gasteiger charge is 2.16. The lowest BCUT2D eigenvalue weighted by molar-refractivity contribution is 0.102. The molecule has 5 nitrogen and oxygen atoms in total. The van der Waals surface area contributed by atoms with Crippen LogP contribution in [0.2, 0.25) is 0 Å². The van der Waals surface area contributed by atoms with Gasteiger partial charge in [0.15, 0.2) is 11.6 Å². The molecule has 0 unspecified atom stereocenters. The van der Waals surface area contributed by atoms with Gasteiger partial charge in [0.25, 0.3) is 5.91 Å². The van der Waals surface area contributed by atoms with E-state index in [9.17, 15) is 13.6 Å². The molecule has 0 saturated carbocycles. The van der Waals surface area contributed by atoms with E-state index in [1.807, 2.05) is 0 Å². The first kappa shape index (κ1) is 11.4. The van der Waals surface area contributed by atoms with Crippen molar-refractivity contribution in [3.63, 3.8) is 0 Å². The van der Waals surface area contributed by atoms with E-state index in [1.54, 1.807) is 0 Å². The van der Waals surface area contributed by atoms with Crippen LogP contribution in [0.25, 0.3) is 0 Å². The first-order chi connectivity index (χ1) is 8.08. The maximum absolute atomic E-state index is 13.3. The Kier molecular flexibility index (Phi) is 2.96. The number of halogens is 2. The van der Waals surface area contributed by atoms with E-state index in [1.165, 1.54) is 6.07 Å². The first-order valence-electron chi connectivity index (χ1n) is 4.42. The van der Waals surface area contributed by atoms with Gasteiger partial charge >= 0.3 is 0 Å². The van der Waals surface area contributed by atoms with Crippen molar-refractivity contribution in [2.24, 2.45) is 0 Å². The Balaban J connectivity index is 2.23. The fourth-order valence-corrected chi connectivity index (χ4v) is 1.63. The van der Waals surface area contributed by atoms with Crippen LogP contribution >= 0.6 is 11.3 Å². The van der Waals surface area contributed by atoms with Crippen LogP contribution < -0.4 is 11.1 Å². The largest absolute Gasteiger partial charge is 0.374 e. The van der Waals surface area contributed by atoms with Crippen molar-refractivity contribution in [3.8, 4) is 0 Å². The number of aromatic nitrogens is 2. The Labute approximate surface area is 98.3 Å². The highest BCUT2D eigenvalue weighted by atomic mass is 32.1. The van der Waals surface area contributed by atoms with Crippen LogP contribution in [0.1, 0.15) is 10.4 Å². The summed E-state index contributed by atoms with van der Waals surface area (Å²) in [5.74, 6) is -3.10. The summed E-state index contributed by atoms with van der Waals surface area (Å²) < 4.78 is 26.1. The number of hydrogen-bond acceptors (Lipinski definition) is 5. The number of anilines is 2. The van der Waals surface area contributed by atoms with Gasteiger partial charge in [0, 0.05) is 0 Å². The minimum Gasteiger partial charge on any atom is -0.374 e. The molecule has 0 fully saturated rings. The summed E-state index contributed by atoms with van der Waals surface area (Å²) in [6, 6.07) is 3.33. The predicted octanol–water partition coefficient (Wildman–Crippen LogP) is 1.65. The van der Waals surface area contributed by atoms with Crippen LogP contribution in [-0.4, -0.2) is 16.1 Å². The predicted molar refractivity (Wildman–Crippen MR) is 58.6 cm³/mol. The second-order valence-electron chi connectivity index (χ2n) is 3.00. The fourth-order valence-electron chi connectivity index (χ4n) is 1.13. The van der Waals surface area contributed by atoms with Crippen molar-refractivity contribution in [1.82, 2.24) is 10.2 Å². The van der Waals surface area contributed by atoms with E-state index in [-0.39, 0.29) is 10.3 Å². The van der Waals surface area contributed by atoms with Gasteiger partial charge in [0.2, 0.25) is 10.3 Å². The number of nitrogen functional groups attached to an aromatic ring is 1. The molecule has 1 aromatic heterocycles. The minimum atomic E-state index is -1.21. The lowest BCUT2D eigenvalue weighted by Gasteiger charge is -2.02. The smallest absolute Gasteiger partial charge is 0.260 e. The maximum Gasteiger partial charge on any atom is 0.260 e. The average Bonchev–Trinajstić information content (AvgIpc) is 2.68. The third-order valence-corrected chi connectivity index (χ3v) is 2.53. The zero-order valence-electron chi connectivity index (χ0n) is 8.28. The number of nitrogens with zero attached hydrogens (tertiary/aromatic N) is 2. The van der Waals surface area contributed by atoms with Crippen LogP contribution in [0.3, 0.4) is 0 Å². The summed E-state index contributed by atoms with van der Waals surface area (Å²) in [5.41, 5.74) is 4.90. The van der Waals surface area contributed by atoms with Crippen molar-refractivity contribution in [2.45, 2.75) is 0 Å². The van der Waals surface area contributed by atoms with Crippen LogP contribution in [0, 0.1) is 11.6 Å². The van der Waals surface area contributed by atoms with E-state index in [4.69, 9.17) is 5.73 Å². The van der Waals surface area contributed by atoms with E-state index in [0.29, 0.717) is 0 Å². The van der Waals surface area contributed by atoms with Crippen molar-refractivity contribution in [1.29, 1.82) is 0 Å². The van der Waals surface area contributed by atoms with Crippen LogP contribution in [0.5, 0.6) is 0 Å². The molecule has 2 rings (SSSR count). The van der Waals surface area contributed by atoms with Gasteiger partial charge in [0.1, 0.15) is 0 Å². The molecule has 0 aliphatic carbocycles. The molecule has 17 heavy (non-hydrogen) atoms. The molecule has 2 aromatic rings. The van der Waals surface area contributed by atoms with Crippen LogP contribution in [-0.2, 0) is 0 Å². The molecule has 3 N–H and O–H groups in total. The Morgan fingerprint density at radius 2 is 2.12 bits per heavy atom. The first-order valence-corrected chi connectivity index (χ1v) is 5.24. The molecule has 0 saturated heterocycles. The van der Waals surface area contributed by atoms with Gasteiger partial charge in [-0.3, -0.25) is 10.1 Å². The summed E-state index contributed by atoms with van der Waals surface area (Å²) in [6.07, 6.45) is 0. The Bertz CT molecular complexity index is 572. The summed E-state index contributed by atoms with van der Waals surface area (Å²) >= 11 is 0.928. The van der Waals surface area contributed by atoms with Crippen molar-refractivity contribution in [3.05, 3.63) is 35.4 Å². The lowest BCUT2D eigenvalue weighted by Crippen LogP contribution is -2.14. The molecule has 0 radical (unpaired) electrons. The number of nitrogens with two attached hydrogens (primary N) is 1. The van der Waals surface area contributed by atoms with Gasteiger partial charge in [-0.15, -0.1) is 10.2 Å². The third-order valence-electron chi connectivity index (χ3n) is 1.86. The number of amides is 1. The topological polar surface area (TPSA) is 80.9 Å². The Morgan fingerprint density at radius 3 is 2.76 bits per heavy atom. The van der Waals surface area contributed by atoms with Gasteiger partial charge in [-0.05, 0) is 12.1 Å². The zero-order chi connectivity index (χ0) is 12.4. The number of rotatable bonds is 2. The van der Waals surface area contributed by atoms with Crippen LogP contribution in [0.4, 0.5) is 19.0 Å². The summed E-state index contributed by atoms with van der Waals surface area (Å²) in [5, 5.41) is 9.55. The monoisotopic (exact) mass is 256 g/mol. The van der Waals surface area contributed by atoms with Crippen LogP contribution in [0.15, 0.2) is 18.2 Å². The summed E-state index contributed by atoms with van der Waals surface area (Å²) in [6.45, 7) is 0. The molecule has 0 atom stereocenters. The van der Waals surface area contributed by atoms with Gasteiger partial charge in [0.05, 0.1) is 5.56 Å². The lowest BCUT2D eigenvalue weighted by atomic mass is 10.2. The Morgan fingerprint density at radius 1 is 1.35 bits per heavy atom. The number of nitrogens with one attached hydrogen (secondary N) is 1. The van der Waals surface area contributed by atoms with Gasteiger partial charge < -0.3 is 5.73 Å². The SMILES string of the molecule is Nc1nnc(NC(=O)c2cccc(F)c2F)s1. The average molecular weight is 256 g/mol. The minimum absolute atomic E-state index is 0.121. The highest BCUT2D eigenvalue weighted by molar-refractivity contribution is 7.19. The van der Waals surface area contributed by atoms with Gasteiger partial charge in [-0.25, -0.2) is 8.78 Å². The molecule has 0 bridgehead atoms. The Hall–Kier alpha value is -2.09. The molecule has 0 spiro atoms. The fraction of sp³-hybridized carbons (Fsp3) is 0. The van der Waals surface area contributed by atoms with Crippen molar-refractivity contribution < 1.29 is 13.6 Å². The molecular formula is C9H6F2N4OS. The molecule has 1 aromatic carbocycles. The molecule has 8 heteroatoms. The zero-order valence-corrected chi connectivity index (χ0v) is 9.09. The number of benzene rings is 1. The van der Waals surface area contributed by atoms with E-state index >= 15 is 0 Å². The third kappa shape index (κ3) is 2.36. The second kappa shape index (κ2) is 4.42. The summed E-state index contributed by atoms with van der Waals surface area (Å²) in [4.78, 5) is 11.6. The number of carbonyl (C=O) groups excluding carboxylic acids is 1. The quantitative estimate of drug-likeness (QED) is 0.856. The van der Waals surface area contributed by atoms with Gasteiger partial charge in [-0.1, -0.05) is 17.4 Å². The molecule has 0 aliphatic heterocycles. The summed E-state index contributed by atoms with van der Waals surface area (Å²) in [7, 11) is 0. The highest BCUT2D eigenvalue weighted by Crippen LogP contribution is 2.18. The molecule has 88 valence electrons. The molecule has 1 amide bonds.